The molecule has 0 radical (unpaired) electrons. The molecule has 1 saturated carbocycles. The summed E-state index contributed by atoms with van der Waals surface area (Å²) in [5.74, 6) is -1.56. The van der Waals surface area contributed by atoms with Gasteiger partial charge in [0.25, 0.3) is 0 Å². The van der Waals surface area contributed by atoms with E-state index in [1.54, 1.807) is 19.9 Å². The van der Waals surface area contributed by atoms with Gasteiger partial charge in [0.15, 0.2) is 5.60 Å². The Morgan fingerprint density at radius 2 is 2.00 bits per heavy atom. The van der Waals surface area contributed by atoms with E-state index in [-0.39, 0.29) is 11.9 Å². The molecule has 1 aliphatic rings. The van der Waals surface area contributed by atoms with Crippen LogP contribution >= 0.6 is 0 Å². The van der Waals surface area contributed by atoms with E-state index in [1.165, 1.54) is 6.08 Å². The molecule has 4 nitrogen and oxygen atoms in total. The van der Waals surface area contributed by atoms with Crippen molar-refractivity contribution in [3.05, 3.63) is 41.5 Å². The Kier molecular flexibility index (Phi) is 5.37. The summed E-state index contributed by atoms with van der Waals surface area (Å²) in [6, 6.07) is 7.70. The zero-order valence-electron chi connectivity index (χ0n) is 13.9. The van der Waals surface area contributed by atoms with E-state index in [2.05, 4.69) is 0 Å². The molecule has 1 aromatic rings. The number of Topliss-reactive ketones (excluding diaryl/α,β-unsaturated/α-hetero) is 1. The lowest BCUT2D eigenvalue weighted by molar-refractivity contribution is -0.170. The lowest BCUT2D eigenvalue weighted by Crippen LogP contribution is -2.47. The number of carbonyl (C=O) groups excluding carboxylic acids is 2. The quantitative estimate of drug-likeness (QED) is 0.848. The molecule has 0 unspecified atom stereocenters. The fourth-order valence-electron chi connectivity index (χ4n) is 2.82. The Morgan fingerprint density at radius 3 is 2.52 bits per heavy atom. The first-order chi connectivity index (χ1) is 10.8. The number of rotatable bonds is 5. The van der Waals surface area contributed by atoms with Gasteiger partial charge in [-0.3, -0.25) is 4.79 Å². The molecular weight excluding hydrogens is 292 g/mol. The zero-order chi connectivity index (χ0) is 17.0. The Morgan fingerprint density at radius 1 is 1.35 bits per heavy atom. The van der Waals surface area contributed by atoms with Crippen LogP contribution in [0.2, 0.25) is 0 Å². The van der Waals surface area contributed by atoms with Gasteiger partial charge in [-0.25, -0.2) is 4.79 Å². The van der Waals surface area contributed by atoms with Crippen LogP contribution in [0.5, 0.6) is 0 Å². The van der Waals surface area contributed by atoms with Crippen LogP contribution in [0.1, 0.15) is 44.2 Å². The second-order valence-electron chi connectivity index (χ2n) is 6.43. The van der Waals surface area contributed by atoms with Crippen molar-refractivity contribution >= 4 is 17.8 Å². The zero-order valence-corrected chi connectivity index (χ0v) is 13.9. The van der Waals surface area contributed by atoms with E-state index in [9.17, 15) is 14.7 Å². The largest absolute Gasteiger partial charge is 0.461 e. The van der Waals surface area contributed by atoms with Crippen molar-refractivity contribution in [2.45, 2.75) is 51.7 Å². The first-order valence-electron chi connectivity index (χ1n) is 8.05. The maximum atomic E-state index is 12.4. The smallest absolute Gasteiger partial charge is 0.343 e. The summed E-state index contributed by atoms with van der Waals surface area (Å²) < 4.78 is 5.19. The number of benzene rings is 1. The molecule has 0 bridgehead atoms. The van der Waals surface area contributed by atoms with Gasteiger partial charge in [0.2, 0.25) is 0 Å². The van der Waals surface area contributed by atoms with Crippen LogP contribution < -0.4 is 0 Å². The van der Waals surface area contributed by atoms with Crippen LogP contribution in [0.15, 0.2) is 30.3 Å². The Bertz CT molecular complexity index is 600. The van der Waals surface area contributed by atoms with Gasteiger partial charge in [-0.15, -0.1) is 0 Å². The molecule has 1 aromatic carbocycles. The number of aliphatic hydroxyl groups is 1. The number of hydrogen-bond donors (Lipinski definition) is 1. The second kappa shape index (κ2) is 7.09. The standard InChI is InChI=1S/C19H24O4/c1-13(2)23-18(21)19(22,16-5-4-6-17(16)20)12-11-15-9-7-14(3)8-10-15/h7-13,16,22H,4-6H2,1-3H3/b12-11+/t16-,19-/m1/s1. The average Bonchev–Trinajstić information content (AvgIpc) is 2.92. The van der Waals surface area contributed by atoms with Crippen molar-refractivity contribution in [3.8, 4) is 0 Å². The van der Waals surface area contributed by atoms with Crippen LogP contribution in [-0.4, -0.2) is 28.6 Å². The third-order valence-electron chi connectivity index (χ3n) is 4.11. The molecule has 0 amide bonds. The second-order valence-corrected chi connectivity index (χ2v) is 6.43. The Balaban J connectivity index is 2.30. The van der Waals surface area contributed by atoms with Crippen molar-refractivity contribution in [2.75, 3.05) is 0 Å². The van der Waals surface area contributed by atoms with Crippen LogP contribution in [0.3, 0.4) is 0 Å². The number of hydrogen-bond acceptors (Lipinski definition) is 4. The van der Waals surface area contributed by atoms with E-state index >= 15 is 0 Å². The fourth-order valence-corrected chi connectivity index (χ4v) is 2.82. The van der Waals surface area contributed by atoms with Crippen molar-refractivity contribution in [3.63, 3.8) is 0 Å². The molecule has 0 aromatic heterocycles. The molecule has 0 saturated heterocycles. The summed E-state index contributed by atoms with van der Waals surface area (Å²) in [6.07, 6.45) is 4.33. The number of esters is 1. The van der Waals surface area contributed by atoms with E-state index < -0.39 is 17.5 Å². The molecule has 0 aliphatic heterocycles. The monoisotopic (exact) mass is 316 g/mol. The number of ketones is 1. The van der Waals surface area contributed by atoms with E-state index in [0.29, 0.717) is 19.3 Å². The SMILES string of the molecule is Cc1ccc(/C=C/[C@](O)(C(=O)OC(C)C)[C@@H]2CCCC2=O)cc1. The first kappa shape index (κ1) is 17.4. The number of carbonyl (C=O) groups is 2. The van der Waals surface area contributed by atoms with Crippen LogP contribution in [0, 0.1) is 12.8 Å². The molecule has 4 heteroatoms. The third kappa shape index (κ3) is 4.08. The fraction of sp³-hybridized carbons (Fsp3) is 0.474. The van der Waals surface area contributed by atoms with E-state index in [0.717, 1.165) is 11.1 Å². The molecule has 23 heavy (non-hydrogen) atoms. The molecule has 124 valence electrons. The highest BCUT2D eigenvalue weighted by atomic mass is 16.6. The van der Waals surface area contributed by atoms with Gasteiger partial charge in [-0.05, 0) is 45.3 Å². The van der Waals surface area contributed by atoms with Crippen molar-refractivity contribution in [1.82, 2.24) is 0 Å². The topological polar surface area (TPSA) is 63.6 Å². The maximum absolute atomic E-state index is 12.4. The summed E-state index contributed by atoms with van der Waals surface area (Å²) in [6.45, 7) is 5.43. The van der Waals surface area contributed by atoms with Crippen molar-refractivity contribution < 1.29 is 19.4 Å². The summed E-state index contributed by atoms with van der Waals surface area (Å²) >= 11 is 0. The Hall–Kier alpha value is -1.94. The third-order valence-corrected chi connectivity index (χ3v) is 4.11. The van der Waals surface area contributed by atoms with Gasteiger partial charge in [-0.2, -0.15) is 0 Å². The van der Waals surface area contributed by atoms with Gasteiger partial charge in [0.05, 0.1) is 12.0 Å². The minimum atomic E-state index is -1.90. The normalized spacial score (nSPS) is 20.9. The van der Waals surface area contributed by atoms with Gasteiger partial charge in [-0.1, -0.05) is 35.9 Å². The predicted molar refractivity (Wildman–Crippen MR) is 88.7 cm³/mol. The van der Waals surface area contributed by atoms with Gasteiger partial charge in [0.1, 0.15) is 5.78 Å². The van der Waals surface area contributed by atoms with Crippen molar-refractivity contribution in [1.29, 1.82) is 0 Å². The van der Waals surface area contributed by atoms with Crippen LogP contribution in [-0.2, 0) is 14.3 Å². The van der Waals surface area contributed by atoms with Crippen molar-refractivity contribution in [2.24, 2.45) is 5.92 Å². The van der Waals surface area contributed by atoms with E-state index in [4.69, 9.17) is 4.74 Å². The highest BCUT2D eigenvalue weighted by Gasteiger charge is 2.48. The molecule has 0 spiro atoms. The minimum absolute atomic E-state index is 0.0817. The van der Waals surface area contributed by atoms with E-state index in [1.807, 2.05) is 31.2 Å². The summed E-state index contributed by atoms with van der Waals surface area (Å²) in [4.78, 5) is 24.5. The highest BCUT2D eigenvalue weighted by molar-refractivity contribution is 5.94. The number of aryl methyl sites for hydroxylation is 1. The molecule has 2 rings (SSSR count). The highest BCUT2D eigenvalue weighted by Crippen LogP contribution is 2.34. The molecule has 0 heterocycles. The predicted octanol–water partition coefficient (Wildman–Crippen LogP) is 3.06. The molecule has 1 aliphatic carbocycles. The molecule has 2 atom stereocenters. The Labute approximate surface area is 137 Å². The minimum Gasteiger partial charge on any atom is -0.461 e. The molecular formula is C19H24O4. The van der Waals surface area contributed by atoms with Crippen LogP contribution in [0.25, 0.3) is 6.08 Å². The molecule has 1 fully saturated rings. The lowest BCUT2D eigenvalue weighted by Gasteiger charge is -2.28. The van der Waals surface area contributed by atoms with Gasteiger partial charge >= 0.3 is 5.97 Å². The summed E-state index contributed by atoms with van der Waals surface area (Å²) in [5, 5.41) is 10.9. The maximum Gasteiger partial charge on any atom is 0.343 e. The number of ether oxygens (including phenoxy) is 1. The van der Waals surface area contributed by atoms with Gasteiger partial charge in [0, 0.05) is 6.42 Å². The lowest BCUT2D eigenvalue weighted by atomic mass is 9.84. The summed E-state index contributed by atoms with van der Waals surface area (Å²) in [5.41, 5.74) is 0.0855. The van der Waals surface area contributed by atoms with Gasteiger partial charge < -0.3 is 9.84 Å². The van der Waals surface area contributed by atoms with Crippen LogP contribution in [0.4, 0.5) is 0 Å². The average molecular weight is 316 g/mol. The molecule has 1 N–H and O–H groups in total. The first-order valence-corrected chi connectivity index (χ1v) is 8.05. The summed E-state index contributed by atoms with van der Waals surface area (Å²) in [7, 11) is 0.